The summed E-state index contributed by atoms with van der Waals surface area (Å²) in [4.78, 5) is 24.9. The number of anilines is 1. The fourth-order valence-electron chi connectivity index (χ4n) is 4.03. The summed E-state index contributed by atoms with van der Waals surface area (Å²) in [5.74, 6) is -0.243. The maximum absolute atomic E-state index is 12.7. The second-order valence-corrected chi connectivity index (χ2v) is 10.2. The highest BCUT2D eigenvalue weighted by molar-refractivity contribution is 7.99. The number of aryl methyl sites for hydroxylation is 2. The van der Waals surface area contributed by atoms with Gasteiger partial charge in [0.25, 0.3) is 5.91 Å². The summed E-state index contributed by atoms with van der Waals surface area (Å²) in [6.07, 6.45) is 0.249. The van der Waals surface area contributed by atoms with E-state index in [-0.39, 0.29) is 12.3 Å². The molecular weight excluding hydrogens is 478 g/mol. The van der Waals surface area contributed by atoms with E-state index in [1.54, 1.807) is 0 Å². The van der Waals surface area contributed by atoms with Crippen LogP contribution in [0.3, 0.4) is 0 Å². The molecule has 35 heavy (non-hydrogen) atoms. The van der Waals surface area contributed by atoms with E-state index in [2.05, 4.69) is 28.5 Å². The van der Waals surface area contributed by atoms with Crippen molar-refractivity contribution in [2.24, 2.45) is 5.73 Å². The van der Waals surface area contributed by atoms with E-state index >= 15 is 0 Å². The highest BCUT2D eigenvalue weighted by atomic mass is 32.2. The molecule has 5 aromatic rings. The largest absolute Gasteiger partial charge is 0.365 e. The van der Waals surface area contributed by atoms with Crippen LogP contribution >= 0.6 is 23.1 Å². The molecule has 3 heterocycles. The third-order valence-corrected chi connectivity index (χ3v) is 7.61. The van der Waals surface area contributed by atoms with Crippen molar-refractivity contribution < 1.29 is 9.59 Å². The fourth-order valence-corrected chi connectivity index (χ4v) is 5.91. The Morgan fingerprint density at radius 3 is 2.63 bits per heavy atom. The van der Waals surface area contributed by atoms with E-state index in [9.17, 15) is 9.59 Å². The number of fused-ring (bicyclic) bond motifs is 3. The van der Waals surface area contributed by atoms with Gasteiger partial charge in [0.2, 0.25) is 5.91 Å². The van der Waals surface area contributed by atoms with Gasteiger partial charge in [0.15, 0.2) is 10.8 Å². The zero-order valence-corrected chi connectivity index (χ0v) is 20.9. The van der Waals surface area contributed by atoms with Crippen molar-refractivity contribution in [3.8, 4) is 11.1 Å². The van der Waals surface area contributed by atoms with Crippen LogP contribution in [-0.4, -0.2) is 32.2 Å². The minimum atomic E-state index is -0.566. The number of pyridine rings is 1. The molecule has 9 heteroatoms. The Morgan fingerprint density at radius 1 is 1.09 bits per heavy atom. The smallest absolute Gasteiger partial charge is 0.252 e. The number of carbonyl (C=O) groups is 2. The Labute approximate surface area is 210 Å². The number of benzene rings is 2. The second kappa shape index (κ2) is 9.52. The van der Waals surface area contributed by atoms with Gasteiger partial charge in [-0.25, -0.2) is 0 Å². The van der Waals surface area contributed by atoms with Crippen molar-refractivity contribution in [3.05, 3.63) is 76.7 Å². The molecule has 7 nitrogen and oxygen atoms in total. The first-order valence-electron chi connectivity index (χ1n) is 11.1. The van der Waals surface area contributed by atoms with Gasteiger partial charge < -0.3 is 11.1 Å². The third kappa shape index (κ3) is 4.52. The lowest BCUT2D eigenvalue weighted by Crippen LogP contribution is -2.17. The quantitative estimate of drug-likeness (QED) is 0.289. The molecule has 0 bridgehead atoms. The number of thioether (sulfide) groups is 1. The first kappa shape index (κ1) is 23.1. The predicted octanol–water partition coefficient (Wildman–Crippen LogP) is 5.45. The van der Waals surface area contributed by atoms with Crippen molar-refractivity contribution in [2.75, 3.05) is 11.1 Å². The topological polar surface area (TPSA) is 102 Å². The lowest BCUT2D eigenvalue weighted by Gasteiger charge is -2.08. The van der Waals surface area contributed by atoms with Crippen LogP contribution in [0.1, 0.15) is 27.9 Å². The van der Waals surface area contributed by atoms with E-state index in [0.717, 1.165) is 44.0 Å². The molecular formula is C26H23N5O2S2. The van der Waals surface area contributed by atoms with Crippen molar-refractivity contribution in [1.29, 1.82) is 0 Å². The van der Waals surface area contributed by atoms with Crippen molar-refractivity contribution in [1.82, 2.24) is 14.6 Å². The second-order valence-electron chi connectivity index (χ2n) is 8.25. The number of nitrogens with zero attached hydrogens (tertiary/aromatic N) is 3. The number of nitrogens with two attached hydrogens (primary N) is 1. The molecule has 5 rings (SSSR count). The van der Waals surface area contributed by atoms with Crippen LogP contribution in [0.4, 0.5) is 5.00 Å². The van der Waals surface area contributed by atoms with Crippen LogP contribution in [0.5, 0.6) is 0 Å². The summed E-state index contributed by atoms with van der Waals surface area (Å²) in [6.45, 7) is 4.06. The van der Waals surface area contributed by atoms with Gasteiger partial charge in [-0.1, -0.05) is 59.8 Å². The van der Waals surface area contributed by atoms with Gasteiger partial charge in [-0.3, -0.25) is 14.0 Å². The lowest BCUT2D eigenvalue weighted by molar-refractivity contribution is -0.115. The highest BCUT2D eigenvalue weighted by Gasteiger charge is 2.20. The van der Waals surface area contributed by atoms with Crippen LogP contribution in [0.2, 0.25) is 0 Å². The van der Waals surface area contributed by atoms with Crippen LogP contribution in [0, 0.1) is 13.8 Å². The molecule has 0 saturated carbocycles. The number of aromatic nitrogens is 3. The Balaban J connectivity index is 1.30. The molecule has 2 amide bonds. The van der Waals surface area contributed by atoms with Crippen molar-refractivity contribution in [3.63, 3.8) is 0 Å². The third-order valence-electron chi connectivity index (χ3n) is 5.79. The number of hydrogen-bond donors (Lipinski definition) is 2. The average Bonchev–Trinajstić information content (AvgIpc) is 3.44. The van der Waals surface area contributed by atoms with Crippen molar-refractivity contribution >= 4 is 56.5 Å². The number of primary amides is 1. The minimum absolute atomic E-state index is 0.188. The SMILES string of the molecule is Cc1ccc(-c2csc(NC(=O)CCSc3nnc4cc(C)c5ccccc5n34)c2C(N)=O)cc1. The normalized spacial score (nSPS) is 11.3. The molecule has 0 radical (unpaired) electrons. The van der Waals surface area contributed by atoms with E-state index in [0.29, 0.717) is 16.3 Å². The molecule has 0 unspecified atom stereocenters. The Hall–Kier alpha value is -3.69. The number of hydrogen-bond acceptors (Lipinski definition) is 6. The molecule has 0 aliphatic carbocycles. The number of para-hydroxylation sites is 1. The summed E-state index contributed by atoms with van der Waals surface area (Å²) in [5.41, 5.74) is 11.7. The summed E-state index contributed by atoms with van der Waals surface area (Å²) < 4.78 is 2.02. The maximum Gasteiger partial charge on any atom is 0.252 e. The van der Waals surface area contributed by atoms with Crippen LogP contribution in [0.25, 0.3) is 27.7 Å². The first-order chi connectivity index (χ1) is 16.9. The molecule has 0 saturated heterocycles. The molecule has 0 aliphatic heterocycles. The van der Waals surface area contributed by atoms with E-state index < -0.39 is 5.91 Å². The Morgan fingerprint density at radius 2 is 1.86 bits per heavy atom. The fraction of sp³-hybridized carbons (Fsp3) is 0.154. The summed E-state index contributed by atoms with van der Waals surface area (Å²) in [7, 11) is 0. The summed E-state index contributed by atoms with van der Waals surface area (Å²) >= 11 is 2.77. The van der Waals surface area contributed by atoms with Gasteiger partial charge in [0.05, 0.1) is 11.1 Å². The number of carbonyl (C=O) groups excluding carboxylic acids is 2. The molecule has 176 valence electrons. The number of amides is 2. The Kier molecular flexibility index (Phi) is 6.27. The van der Waals surface area contributed by atoms with Gasteiger partial charge in [-0.2, -0.15) is 0 Å². The van der Waals surface area contributed by atoms with Gasteiger partial charge in [0, 0.05) is 28.5 Å². The van der Waals surface area contributed by atoms with Crippen LogP contribution in [0.15, 0.2) is 65.1 Å². The molecule has 3 N–H and O–H groups in total. The number of rotatable bonds is 7. The van der Waals surface area contributed by atoms with E-state index in [1.807, 2.05) is 65.2 Å². The van der Waals surface area contributed by atoms with Crippen LogP contribution in [-0.2, 0) is 4.79 Å². The minimum Gasteiger partial charge on any atom is -0.365 e. The maximum atomic E-state index is 12.7. The highest BCUT2D eigenvalue weighted by Crippen LogP contribution is 2.35. The molecule has 3 aromatic heterocycles. The zero-order chi connectivity index (χ0) is 24.5. The molecule has 0 spiro atoms. The summed E-state index contributed by atoms with van der Waals surface area (Å²) in [6, 6.07) is 18.0. The Bertz CT molecular complexity index is 1570. The van der Waals surface area contributed by atoms with Gasteiger partial charge in [-0.05, 0) is 37.1 Å². The average molecular weight is 502 g/mol. The molecule has 0 aliphatic rings. The van der Waals surface area contributed by atoms with Gasteiger partial charge in [-0.15, -0.1) is 21.5 Å². The number of thiophene rings is 1. The standard InChI is InChI=1S/C26H23N5O2S2/c1-15-7-9-17(10-8-15)19-14-35-25(23(19)24(27)33)28-22(32)11-12-34-26-30-29-21-13-16(2)18-5-3-4-6-20(18)31(21)26/h3-10,13-14H,11-12H2,1-2H3,(H2,27,33)(H,28,32). The molecule has 2 aromatic carbocycles. The van der Waals surface area contributed by atoms with Gasteiger partial charge in [0.1, 0.15) is 5.00 Å². The van der Waals surface area contributed by atoms with E-state index in [1.165, 1.54) is 23.1 Å². The zero-order valence-electron chi connectivity index (χ0n) is 19.2. The summed E-state index contributed by atoms with van der Waals surface area (Å²) in [5, 5.41) is 15.7. The molecule has 0 fully saturated rings. The lowest BCUT2D eigenvalue weighted by atomic mass is 10.0. The predicted molar refractivity (Wildman–Crippen MR) is 142 cm³/mol. The van der Waals surface area contributed by atoms with Crippen molar-refractivity contribution in [2.45, 2.75) is 25.4 Å². The monoisotopic (exact) mass is 501 g/mol. The van der Waals surface area contributed by atoms with Gasteiger partial charge >= 0.3 is 0 Å². The number of nitrogens with one attached hydrogen (secondary N) is 1. The molecule has 0 atom stereocenters. The first-order valence-corrected chi connectivity index (χ1v) is 12.9. The van der Waals surface area contributed by atoms with Crippen LogP contribution < -0.4 is 11.1 Å². The van der Waals surface area contributed by atoms with E-state index in [4.69, 9.17) is 5.73 Å².